The highest BCUT2D eigenvalue weighted by atomic mass is 79.9. The van der Waals surface area contributed by atoms with E-state index in [9.17, 15) is 0 Å². The van der Waals surface area contributed by atoms with Gasteiger partial charge in [0.15, 0.2) is 5.65 Å². The normalized spacial score (nSPS) is 17.9. The zero-order valence-corrected chi connectivity index (χ0v) is 16.2. The second-order valence-electron chi connectivity index (χ2n) is 7.02. The van der Waals surface area contributed by atoms with E-state index in [1.54, 1.807) is 6.20 Å². The number of piperazine rings is 1. The first kappa shape index (κ1) is 16.0. The number of aromatic nitrogens is 5. The number of hydrogen-bond acceptors (Lipinski definition) is 6. The zero-order valence-electron chi connectivity index (χ0n) is 14.6. The lowest BCUT2D eigenvalue weighted by Gasteiger charge is -2.36. The minimum absolute atomic E-state index is 0.583. The molecule has 0 N–H and O–H groups in total. The molecule has 134 valence electrons. The molecule has 0 amide bonds. The monoisotopic (exact) mass is 413 g/mol. The number of aryl methyl sites for hydroxylation is 1. The van der Waals surface area contributed by atoms with Gasteiger partial charge in [-0.1, -0.05) is 0 Å². The van der Waals surface area contributed by atoms with Crippen LogP contribution in [0.4, 0.5) is 11.6 Å². The maximum atomic E-state index is 4.82. The highest BCUT2D eigenvalue weighted by Crippen LogP contribution is 2.38. The SMILES string of the molecule is Cc1cc(N2CCN(c3ccc4ncc(Br)n4n3)CC2)nc(C2CC2)n1. The van der Waals surface area contributed by atoms with Gasteiger partial charge < -0.3 is 9.80 Å². The second-order valence-corrected chi connectivity index (χ2v) is 7.83. The summed E-state index contributed by atoms with van der Waals surface area (Å²) in [7, 11) is 0. The van der Waals surface area contributed by atoms with Crippen LogP contribution >= 0.6 is 15.9 Å². The quantitative estimate of drug-likeness (QED) is 0.657. The summed E-state index contributed by atoms with van der Waals surface area (Å²) in [6.07, 6.45) is 4.24. The van der Waals surface area contributed by atoms with Gasteiger partial charge in [-0.15, -0.1) is 5.10 Å². The summed E-state index contributed by atoms with van der Waals surface area (Å²) in [6, 6.07) is 6.16. The van der Waals surface area contributed by atoms with Crippen LogP contribution in [-0.4, -0.2) is 50.7 Å². The smallest absolute Gasteiger partial charge is 0.154 e. The van der Waals surface area contributed by atoms with E-state index in [1.807, 2.05) is 16.6 Å². The van der Waals surface area contributed by atoms with Crippen LogP contribution in [0.25, 0.3) is 5.65 Å². The summed E-state index contributed by atoms with van der Waals surface area (Å²) in [5.74, 6) is 3.66. The summed E-state index contributed by atoms with van der Waals surface area (Å²) < 4.78 is 2.70. The molecule has 0 spiro atoms. The number of halogens is 1. The Bertz CT molecular complexity index is 957. The Morgan fingerprint density at radius 1 is 1.00 bits per heavy atom. The predicted molar refractivity (Wildman–Crippen MR) is 104 cm³/mol. The molecule has 1 aliphatic carbocycles. The van der Waals surface area contributed by atoms with Crippen molar-refractivity contribution in [3.63, 3.8) is 0 Å². The molecule has 0 radical (unpaired) electrons. The van der Waals surface area contributed by atoms with Crippen molar-refractivity contribution in [3.05, 3.63) is 40.5 Å². The first-order chi connectivity index (χ1) is 12.7. The van der Waals surface area contributed by atoms with Crippen LogP contribution in [-0.2, 0) is 0 Å². The van der Waals surface area contributed by atoms with E-state index in [2.05, 4.69) is 48.7 Å². The lowest BCUT2D eigenvalue weighted by atomic mass is 10.2. The number of imidazole rings is 1. The third-order valence-corrected chi connectivity index (χ3v) is 5.58. The number of hydrogen-bond donors (Lipinski definition) is 0. The van der Waals surface area contributed by atoms with Crippen molar-refractivity contribution in [2.24, 2.45) is 0 Å². The molecule has 0 unspecified atom stereocenters. The number of anilines is 2. The van der Waals surface area contributed by atoms with Crippen molar-refractivity contribution in [1.82, 2.24) is 24.6 Å². The minimum atomic E-state index is 0.583. The van der Waals surface area contributed by atoms with Gasteiger partial charge in [0.05, 0.1) is 6.20 Å². The molecule has 8 heteroatoms. The topological polar surface area (TPSA) is 62.5 Å². The van der Waals surface area contributed by atoms with E-state index in [1.165, 1.54) is 12.8 Å². The van der Waals surface area contributed by atoms with Crippen molar-refractivity contribution >= 4 is 33.2 Å². The van der Waals surface area contributed by atoms with Gasteiger partial charge in [0.2, 0.25) is 0 Å². The second kappa shape index (κ2) is 6.19. The fourth-order valence-corrected chi connectivity index (χ4v) is 3.79. The van der Waals surface area contributed by atoms with Gasteiger partial charge in [0, 0.05) is 43.9 Å². The van der Waals surface area contributed by atoms with Crippen LogP contribution < -0.4 is 9.80 Å². The molecule has 4 heterocycles. The van der Waals surface area contributed by atoms with Gasteiger partial charge in [-0.3, -0.25) is 0 Å². The average molecular weight is 414 g/mol. The molecule has 3 aromatic rings. The maximum absolute atomic E-state index is 4.82. The molecule has 0 bridgehead atoms. The molecule has 5 rings (SSSR count). The van der Waals surface area contributed by atoms with Crippen molar-refractivity contribution in [3.8, 4) is 0 Å². The van der Waals surface area contributed by atoms with E-state index in [0.29, 0.717) is 5.92 Å². The first-order valence-electron chi connectivity index (χ1n) is 9.03. The van der Waals surface area contributed by atoms with Gasteiger partial charge in [-0.05, 0) is 47.8 Å². The summed E-state index contributed by atoms with van der Waals surface area (Å²) >= 11 is 3.49. The Balaban J connectivity index is 1.33. The van der Waals surface area contributed by atoms with Crippen LogP contribution in [0.3, 0.4) is 0 Å². The number of rotatable bonds is 3. The van der Waals surface area contributed by atoms with Crippen LogP contribution in [0.1, 0.15) is 30.3 Å². The van der Waals surface area contributed by atoms with Gasteiger partial charge in [-0.25, -0.2) is 19.5 Å². The van der Waals surface area contributed by atoms with E-state index < -0.39 is 0 Å². The largest absolute Gasteiger partial charge is 0.353 e. The van der Waals surface area contributed by atoms with Crippen LogP contribution in [0.15, 0.2) is 29.0 Å². The molecule has 7 nitrogen and oxygen atoms in total. The minimum Gasteiger partial charge on any atom is -0.353 e. The molecule has 2 aliphatic rings. The fraction of sp³-hybridized carbons (Fsp3) is 0.444. The van der Waals surface area contributed by atoms with E-state index in [0.717, 1.165) is 59.6 Å². The van der Waals surface area contributed by atoms with Crippen molar-refractivity contribution in [1.29, 1.82) is 0 Å². The lowest BCUT2D eigenvalue weighted by Crippen LogP contribution is -2.47. The van der Waals surface area contributed by atoms with Gasteiger partial charge >= 0.3 is 0 Å². The maximum Gasteiger partial charge on any atom is 0.154 e. The van der Waals surface area contributed by atoms with Gasteiger partial charge in [0.1, 0.15) is 22.1 Å². The summed E-state index contributed by atoms with van der Waals surface area (Å²) in [6.45, 7) is 5.78. The van der Waals surface area contributed by atoms with Gasteiger partial charge in [0.25, 0.3) is 0 Å². The summed E-state index contributed by atoms with van der Waals surface area (Å²) in [5.41, 5.74) is 1.92. The summed E-state index contributed by atoms with van der Waals surface area (Å²) in [4.78, 5) is 18.4. The highest BCUT2D eigenvalue weighted by molar-refractivity contribution is 9.10. The van der Waals surface area contributed by atoms with Crippen molar-refractivity contribution < 1.29 is 0 Å². The van der Waals surface area contributed by atoms with E-state index in [4.69, 9.17) is 10.1 Å². The van der Waals surface area contributed by atoms with Crippen LogP contribution in [0.5, 0.6) is 0 Å². The number of nitrogens with zero attached hydrogens (tertiary/aromatic N) is 7. The Hall–Kier alpha value is -2.22. The average Bonchev–Trinajstić information content (AvgIpc) is 3.45. The van der Waals surface area contributed by atoms with Crippen molar-refractivity contribution in [2.75, 3.05) is 36.0 Å². The summed E-state index contributed by atoms with van der Waals surface area (Å²) in [5, 5.41) is 4.70. The number of fused-ring (bicyclic) bond motifs is 1. The molecule has 1 saturated carbocycles. The van der Waals surface area contributed by atoms with Crippen LogP contribution in [0, 0.1) is 6.92 Å². The standard InChI is InChI=1S/C18H20BrN7/c1-12-10-17(22-18(21-12)13-2-3-13)25-8-6-24(7-9-25)16-5-4-15-20-11-14(19)26(15)23-16/h4-5,10-11,13H,2-3,6-9H2,1H3. The molecule has 0 atom stereocenters. The Kier molecular flexibility index (Phi) is 3.81. The molecule has 1 aliphatic heterocycles. The Morgan fingerprint density at radius 2 is 1.73 bits per heavy atom. The molecule has 3 aromatic heterocycles. The highest BCUT2D eigenvalue weighted by Gasteiger charge is 2.28. The molecule has 26 heavy (non-hydrogen) atoms. The molecule has 0 aromatic carbocycles. The lowest BCUT2D eigenvalue weighted by molar-refractivity contribution is 0.633. The van der Waals surface area contributed by atoms with E-state index >= 15 is 0 Å². The third kappa shape index (κ3) is 2.92. The first-order valence-corrected chi connectivity index (χ1v) is 9.82. The zero-order chi connectivity index (χ0) is 17.7. The predicted octanol–water partition coefficient (Wildman–Crippen LogP) is 2.79. The molecular weight excluding hydrogens is 394 g/mol. The molecule has 1 saturated heterocycles. The van der Waals surface area contributed by atoms with Crippen molar-refractivity contribution in [2.45, 2.75) is 25.7 Å². The molecular formula is C18H20BrN7. The Morgan fingerprint density at radius 3 is 2.46 bits per heavy atom. The third-order valence-electron chi connectivity index (χ3n) is 5.03. The molecule has 2 fully saturated rings. The fourth-order valence-electron chi connectivity index (χ4n) is 3.43. The Labute approximate surface area is 160 Å². The van der Waals surface area contributed by atoms with E-state index in [-0.39, 0.29) is 0 Å². The van der Waals surface area contributed by atoms with Crippen LogP contribution in [0.2, 0.25) is 0 Å². The van der Waals surface area contributed by atoms with Gasteiger partial charge in [-0.2, -0.15) is 0 Å².